The third kappa shape index (κ3) is 4.39. The van der Waals surface area contributed by atoms with Gasteiger partial charge in [0.05, 0.1) is 37.7 Å². The molecular formula is C16H24N2O3S. The minimum atomic E-state index is -3.67. The van der Waals surface area contributed by atoms with Crippen molar-refractivity contribution in [1.82, 2.24) is 0 Å². The van der Waals surface area contributed by atoms with Crippen molar-refractivity contribution in [2.75, 3.05) is 32.8 Å². The van der Waals surface area contributed by atoms with Crippen LogP contribution in [0.15, 0.2) is 40.8 Å². The normalized spacial score (nSPS) is 18.0. The second-order valence-electron chi connectivity index (χ2n) is 5.99. The van der Waals surface area contributed by atoms with E-state index in [9.17, 15) is 8.42 Å². The van der Waals surface area contributed by atoms with Crippen LogP contribution in [0.4, 0.5) is 0 Å². The van der Waals surface area contributed by atoms with Crippen LogP contribution in [0.25, 0.3) is 4.83 Å². The quantitative estimate of drug-likeness (QED) is 0.618. The van der Waals surface area contributed by atoms with Gasteiger partial charge in [0.15, 0.2) is 0 Å². The van der Waals surface area contributed by atoms with E-state index in [2.05, 4.69) is 4.83 Å². The summed E-state index contributed by atoms with van der Waals surface area (Å²) >= 11 is 0. The summed E-state index contributed by atoms with van der Waals surface area (Å²) in [6.07, 6.45) is 2.04. The van der Waals surface area contributed by atoms with Gasteiger partial charge < -0.3 is 14.2 Å². The lowest BCUT2D eigenvalue weighted by molar-refractivity contribution is -0.888. The fourth-order valence-corrected chi connectivity index (χ4v) is 3.58. The number of quaternary nitrogens is 1. The average Bonchev–Trinajstić information content (AvgIpc) is 2.46. The SMILES string of the molecule is CC(C)=CC[N+]1([N-]S(=O)(=O)c2ccc(C)cc2)CCOCC1. The average molecular weight is 324 g/mol. The highest BCUT2D eigenvalue weighted by Gasteiger charge is 2.26. The molecule has 0 aliphatic carbocycles. The van der Waals surface area contributed by atoms with Gasteiger partial charge in [-0.1, -0.05) is 23.3 Å². The largest absolute Gasteiger partial charge is 0.373 e. The van der Waals surface area contributed by atoms with Crippen molar-refractivity contribution in [3.8, 4) is 0 Å². The number of allylic oxidation sites excluding steroid dienone is 1. The van der Waals surface area contributed by atoms with Crippen molar-refractivity contribution >= 4 is 10.0 Å². The molecule has 0 amide bonds. The molecule has 1 saturated heterocycles. The van der Waals surface area contributed by atoms with Crippen LogP contribution in [0.2, 0.25) is 0 Å². The monoisotopic (exact) mass is 324 g/mol. The molecule has 5 nitrogen and oxygen atoms in total. The first-order valence-corrected chi connectivity index (χ1v) is 8.90. The summed E-state index contributed by atoms with van der Waals surface area (Å²) in [5.74, 6) is 0. The maximum Gasteiger partial charge on any atom is 0.142 e. The van der Waals surface area contributed by atoms with Gasteiger partial charge in [-0.25, -0.2) is 8.42 Å². The van der Waals surface area contributed by atoms with Crippen LogP contribution in [0, 0.1) is 6.92 Å². The highest BCUT2D eigenvalue weighted by atomic mass is 32.2. The summed E-state index contributed by atoms with van der Waals surface area (Å²) in [4.78, 5) is 4.51. The van der Waals surface area contributed by atoms with Crippen LogP contribution in [0.1, 0.15) is 19.4 Å². The Kier molecular flexibility index (Phi) is 5.39. The second kappa shape index (κ2) is 6.91. The highest BCUT2D eigenvalue weighted by molar-refractivity contribution is 7.93. The minimum Gasteiger partial charge on any atom is -0.373 e. The summed E-state index contributed by atoms with van der Waals surface area (Å²) in [6.45, 7) is 8.74. The lowest BCUT2D eigenvalue weighted by Gasteiger charge is -2.49. The third-order valence-electron chi connectivity index (χ3n) is 3.74. The molecule has 1 fully saturated rings. The van der Waals surface area contributed by atoms with Crippen molar-refractivity contribution in [3.63, 3.8) is 0 Å². The van der Waals surface area contributed by atoms with Crippen LogP contribution in [0.3, 0.4) is 0 Å². The first kappa shape index (κ1) is 17.1. The Bertz CT molecular complexity index is 626. The van der Waals surface area contributed by atoms with E-state index in [0.29, 0.717) is 32.8 Å². The van der Waals surface area contributed by atoms with Crippen molar-refractivity contribution < 1.29 is 17.7 Å². The topological polar surface area (TPSA) is 57.5 Å². The zero-order valence-electron chi connectivity index (χ0n) is 13.4. The molecular weight excluding hydrogens is 300 g/mol. The molecule has 6 heteroatoms. The van der Waals surface area contributed by atoms with E-state index < -0.39 is 10.0 Å². The van der Waals surface area contributed by atoms with E-state index in [1.54, 1.807) is 24.3 Å². The van der Waals surface area contributed by atoms with Gasteiger partial charge in [0.2, 0.25) is 0 Å². The first-order valence-electron chi connectivity index (χ1n) is 7.46. The molecule has 2 rings (SSSR count). The number of morpholine rings is 1. The van der Waals surface area contributed by atoms with Gasteiger partial charge in [-0.3, -0.25) is 0 Å². The Labute approximate surface area is 133 Å². The molecule has 1 aliphatic rings. The van der Waals surface area contributed by atoms with Crippen molar-refractivity contribution in [2.24, 2.45) is 0 Å². The second-order valence-corrected chi connectivity index (χ2v) is 7.57. The van der Waals surface area contributed by atoms with E-state index >= 15 is 0 Å². The summed E-state index contributed by atoms with van der Waals surface area (Å²) in [6, 6.07) is 6.82. The Morgan fingerprint density at radius 3 is 2.36 bits per heavy atom. The highest BCUT2D eigenvalue weighted by Crippen LogP contribution is 2.27. The molecule has 22 heavy (non-hydrogen) atoms. The molecule has 0 radical (unpaired) electrons. The summed E-state index contributed by atoms with van der Waals surface area (Å²) in [7, 11) is -3.67. The lowest BCUT2D eigenvalue weighted by atomic mass is 10.2. The lowest BCUT2D eigenvalue weighted by Crippen LogP contribution is -2.52. The van der Waals surface area contributed by atoms with Crippen LogP contribution >= 0.6 is 0 Å². The Balaban J connectivity index is 2.25. The smallest absolute Gasteiger partial charge is 0.142 e. The van der Waals surface area contributed by atoms with Gasteiger partial charge >= 0.3 is 0 Å². The van der Waals surface area contributed by atoms with Crippen LogP contribution in [-0.2, 0) is 14.8 Å². The number of sulfonamides is 1. The summed E-state index contributed by atoms with van der Waals surface area (Å²) < 4.78 is 30.8. The Morgan fingerprint density at radius 1 is 1.23 bits per heavy atom. The van der Waals surface area contributed by atoms with Crippen LogP contribution in [0.5, 0.6) is 0 Å². The zero-order chi connectivity index (χ0) is 16.2. The molecule has 0 N–H and O–H groups in total. The third-order valence-corrected chi connectivity index (χ3v) is 5.17. The molecule has 1 aliphatic heterocycles. The van der Waals surface area contributed by atoms with Gasteiger partial charge in [0, 0.05) is 0 Å². The molecule has 1 aromatic carbocycles. The van der Waals surface area contributed by atoms with Crippen LogP contribution in [-0.4, -0.2) is 45.9 Å². The van der Waals surface area contributed by atoms with Crippen molar-refractivity contribution in [2.45, 2.75) is 25.7 Å². The van der Waals surface area contributed by atoms with Crippen molar-refractivity contribution in [1.29, 1.82) is 0 Å². The van der Waals surface area contributed by atoms with Gasteiger partial charge in [-0.15, -0.1) is 0 Å². The zero-order valence-corrected chi connectivity index (χ0v) is 14.3. The van der Waals surface area contributed by atoms with E-state index in [-0.39, 0.29) is 9.49 Å². The fourth-order valence-electron chi connectivity index (χ4n) is 2.32. The maximum atomic E-state index is 12.6. The molecule has 0 aromatic heterocycles. The van der Waals surface area contributed by atoms with Crippen molar-refractivity contribution in [3.05, 3.63) is 46.3 Å². The number of hydrogen-bond donors (Lipinski definition) is 0. The fraction of sp³-hybridized carbons (Fsp3) is 0.500. The van der Waals surface area contributed by atoms with Gasteiger partial charge in [-0.2, -0.15) is 0 Å². The molecule has 1 heterocycles. The summed E-state index contributed by atoms with van der Waals surface area (Å²) in [5.41, 5.74) is 2.19. The predicted octanol–water partition coefficient (Wildman–Crippen LogP) is 2.79. The van der Waals surface area contributed by atoms with E-state index in [1.807, 2.05) is 26.8 Å². The van der Waals surface area contributed by atoms with Gasteiger partial charge in [0.25, 0.3) is 0 Å². The standard InChI is InChI=1S/C16H24N2O3S/c1-14(2)8-9-18(10-12-21-13-11-18)17-22(19,20)16-6-4-15(3)5-7-16/h4-8H,9-13H2,1-3H3. The van der Waals surface area contributed by atoms with Gasteiger partial charge in [-0.05, 0) is 39.0 Å². The molecule has 0 bridgehead atoms. The minimum absolute atomic E-state index is 0.182. The summed E-state index contributed by atoms with van der Waals surface area (Å²) in [5, 5.41) is 0. The van der Waals surface area contributed by atoms with E-state index in [0.717, 1.165) is 11.1 Å². The molecule has 0 saturated carbocycles. The Morgan fingerprint density at radius 2 is 1.82 bits per heavy atom. The number of aryl methyl sites for hydroxylation is 1. The first-order chi connectivity index (χ1) is 10.3. The van der Waals surface area contributed by atoms with E-state index in [1.165, 1.54) is 0 Å². The molecule has 0 spiro atoms. The number of hydrogen-bond acceptors (Lipinski definition) is 3. The van der Waals surface area contributed by atoms with Gasteiger partial charge in [0.1, 0.15) is 10.0 Å². The molecule has 0 atom stereocenters. The molecule has 1 aromatic rings. The number of rotatable bonds is 5. The maximum absolute atomic E-state index is 12.6. The Hall–Kier alpha value is -1.21. The predicted molar refractivity (Wildman–Crippen MR) is 86.8 cm³/mol. The molecule has 0 unspecified atom stereocenters. The number of ether oxygens (including phenoxy) is 1. The molecule has 122 valence electrons. The van der Waals surface area contributed by atoms with Crippen LogP contribution < -0.4 is 0 Å². The number of benzene rings is 1. The van der Waals surface area contributed by atoms with E-state index in [4.69, 9.17) is 4.74 Å². The number of nitrogens with zero attached hydrogens (tertiary/aromatic N) is 2.